The number of hydrogen-bond donors (Lipinski definition) is 1. The van der Waals surface area contributed by atoms with Gasteiger partial charge in [0.05, 0.1) is 29.9 Å². The van der Waals surface area contributed by atoms with Crippen LogP contribution in [0.2, 0.25) is 0 Å². The molecule has 5 heteroatoms. The summed E-state index contributed by atoms with van der Waals surface area (Å²) in [6.45, 7) is 5.60. The Kier molecular flexibility index (Phi) is 4.86. The maximum absolute atomic E-state index is 12.6. The van der Waals surface area contributed by atoms with Gasteiger partial charge in [0.25, 0.3) is 5.56 Å². The Balaban J connectivity index is 2.24. The molecule has 0 spiro atoms. The van der Waals surface area contributed by atoms with E-state index < -0.39 is 5.60 Å². The first-order chi connectivity index (χ1) is 10.3. The van der Waals surface area contributed by atoms with Crippen molar-refractivity contribution >= 4 is 10.9 Å². The van der Waals surface area contributed by atoms with Crippen molar-refractivity contribution < 1.29 is 9.84 Å². The first-order valence-corrected chi connectivity index (χ1v) is 7.59. The fraction of sp³-hybridized carbons (Fsp3) is 0.529. The molecule has 0 aliphatic heterocycles. The standard InChI is InChI=1S/C17H24N2O3/c1-12(6-5-9-17(2,3)21)19-11-18-15-8-7-13(22-4)10-14(15)16(19)20/h7-8,10-12,21H,5-6,9H2,1-4H3/t12-/m1/s1. The molecule has 22 heavy (non-hydrogen) atoms. The Hall–Kier alpha value is -1.88. The summed E-state index contributed by atoms with van der Waals surface area (Å²) in [4.78, 5) is 17.0. The van der Waals surface area contributed by atoms with E-state index in [0.717, 1.165) is 12.8 Å². The zero-order valence-corrected chi connectivity index (χ0v) is 13.7. The summed E-state index contributed by atoms with van der Waals surface area (Å²) in [7, 11) is 1.58. The van der Waals surface area contributed by atoms with Crippen molar-refractivity contribution in [1.29, 1.82) is 0 Å². The lowest BCUT2D eigenvalue weighted by atomic mass is 9.99. The molecular weight excluding hydrogens is 280 g/mol. The first kappa shape index (κ1) is 16.5. The third-order valence-electron chi connectivity index (χ3n) is 3.88. The van der Waals surface area contributed by atoms with Crippen LogP contribution >= 0.6 is 0 Å². The zero-order valence-electron chi connectivity index (χ0n) is 13.7. The van der Waals surface area contributed by atoms with Gasteiger partial charge in [0.1, 0.15) is 5.75 Å². The molecule has 5 nitrogen and oxygen atoms in total. The minimum atomic E-state index is -0.667. The van der Waals surface area contributed by atoms with Crippen LogP contribution < -0.4 is 10.3 Å². The fourth-order valence-electron chi connectivity index (χ4n) is 2.53. The minimum absolute atomic E-state index is 0.0398. The molecule has 0 unspecified atom stereocenters. The molecule has 1 aromatic carbocycles. The Morgan fingerprint density at radius 2 is 2.14 bits per heavy atom. The van der Waals surface area contributed by atoms with Crippen LogP contribution in [0, 0.1) is 0 Å². The van der Waals surface area contributed by atoms with E-state index in [0.29, 0.717) is 23.1 Å². The topological polar surface area (TPSA) is 64.3 Å². The summed E-state index contributed by atoms with van der Waals surface area (Å²) in [6, 6.07) is 5.35. The maximum atomic E-state index is 12.6. The largest absolute Gasteiger partial charge is 0.497 e. The smallest absolute Gasteiger partial charge is 0.261 e. The van der Waals surface area contributed by atoms with E-state index in [9.17, 15) is 9.90 Å². The molecule has 2 rings (SSSR count). The van der Waals surface area contributed by atoms with Gasteiger partial charge in [0, 0.05) is 6.04 Å². The number of aliphatic hydroxyl groups is 1. The van der Waals surface area contributed by atoms with Crippen molar-refractivity contribution in [2.45, 2.75) is 51.7 Å². The minimum Gasteiger partial charge on any atom is -0.497 e. The first-order valence-electron chi connectivity index (χ1n) is 7.59. The second-order valence-corrected chi connectivity index (χ2v) is 6.39. The molecular formula is C17H24N2O3. The number of benzene rings is 1. The van der Waals surface area contributed by atoms with Gasteiger partial charge in [-0.05, 0) is 58.2 Å². The molecule has 0 aliphatic carbocycles. The molecule has 2 aromatic rings. The lowest BCUT2D eigenvalue weighted by molar-refractivity contribution is 0.0671. The van der Waals surface area contributed by atoms with E-state index in [-0.39, 0.29) is 11.6 Å². The number of methoxy groups -OCH3 is 1. The number of fused-ring (bicyclic) bond motifs is 1. The summed E-state index contributed by atoms with van der Waals surface area (Å²) in [5.74, 6) is 0.652. The number of ether oxygens (including phenoxy) is 1. The van der Waals surface area contributed by atoms with Crippen LogP contribution in [0.1, 0.15) is 46.1 Å². The predicted molar refractivity (Wildman–Crippen MR) is 87.4 cm³/mol. The summed E-state index contributed by atoms with van der Waals surface area (Å²) in [5.41, 5.74) is -0.0509. The van der Waals surface area contributed by atoms with Gasteiger partial charge in [-0.15, -0.1) is 0 Å². The van der Waals surface area contributed by atoms with Crippen LogP contribution in [-0.4, -0.2) is 27.4 Å². The highest BCUT2D eigenvalue weighted by atomic mass is 16.5. The highest BCUT2D eigenvalue weighted by molar-refractivity contribution is 5.78. The van der Waals surface area contributed by atoms with Crippen LogP contribution in [0.15, 0.2) is 29.3 Å². The van der Waals surface area contributed by atoms with Crippen molar-refractivity contribution in [3.05, 3.63) is 34.9 Å². The molecule has 120 valence electrons. The molecule has 0 aliphatic rings. The van der Waals surface area contributed by atoms with E-state index in [1.807, 2.05) is 6.92 Å². The quantitative estimate of drug-likeness (QED) is 0.891. The molecule has 1 atom stereocenters. The summed E-state index contributed by atoms with van der Waals surface area (Å²) < 4.78 is 6.84. The highest BCUT2D eigenvalue weighted by Crippen LogP contribution is 2.20. The maximum Gasteiger partial charge on any atom is 0.261 e. The van der Waals surface area contributed by atoms with Gasteiger partial charge in [-0.2, -0.15) is 0 Å². The highest BCUT2D eigenvalue weighted by Gasteiger charge is 2.15. The van der Waals surface area contributed by atoms with Gasteiger partial charge in [-0.1, -0.05) is 0 Å². The van der Waals surface area contributed by atoms with Gasteiger partial charge in [-0.25, -0.2) is 4.98 Å². The Morgan fingerprint density at radius 3 is 2.77 bits per heavy atom. The van der Waals surface area contributed by atoms with Crippen molar-refractivity contribution in [1.82, 2.24) is 9.55 Å². The second kappa shape index (κ2) is 6.48. The third kappa shape index (κ3) is 3.85. The van der Waals surface area contributed by atoms with Crippen molar-refractivity contribution in [3.63, 3.8) is 0 Å². The summed E-state index contributed by atoms with van der Waals surface area (Å²) >= 11 is 0. The van der Waals surface area contributed by atoms with Crippen molar-refractivity contribution in [2.24, 2.45) is 0 Å². The van der Waals surface area contributed by atoms with E-state index >= 15 is 0 Å². The van der Waals surface area contributed by atoms with Gasteiger partial charge in [0.2, 0.25) is 0 Å². The van der Waals surface area contributed by atoms with Crippen LogP contribution in [0.4, 0.5) is 0 Å². The fourth-order valence-corrected chi connectivity index (χ4v) is 2.53. The second-order valence-electron chi connectivity index (χ2n) is 6.39. The van der Waals surface area contributed by atoms with Gasteiger partial charge < -0.3 is 9.84 Å². The molecule has 1 N–H and O–H groups in total. The molecule has 1 aromatic heterocycles. The number of rotatable bonds is 6. The van der Waals surface area contributed by atoms with Crippen LogP contribution in [-0.2, 0) is 0 Å². The van der Waals surface area contributed by atoms with Crippen LogP contribution in [0.5, 0.6) is 5.75 Å². The van der Waals surface area contributed by atoms with Gasteiger partial charge >= 0.3 is 0 Å². The number of aromatic nitrogens is 2. The molecule has 0 radical (unpaired) electrons. The van der Waals surface area contributed by atoms with Gasteiger partial charge in [0.15, 0.2) is 0 Å². The Morgan fingerprint density at radius 1 is 1.41 bits per heavy atom. The summed E-state index contributed by atoms with van der Waals surface area (Å²) in [6.07, 6.45) is 3.99. The summed E-state index contributed by atoms with van der Waals surface area (Å²) in [5, 5.41) is 10.3. The van der Waals surface area contributed by atoms with Crippen LogP contribution in [0.25, 0.3) is 10.9 Å². The number of hydrogen-bond acceptors (Lipinski definition) is 4. The predicted octanol–water partition coefficient (Wildman–Crippen LogP) is 2.91. The van der Waals surface area contributed by atoms with Crippen molar-refractivity contribution in [2.75, 3.05) is 7.11 Å². The monoisotopic (exact) mass is 304 g/mol. The lowest BCUT2D eigenvalue weighted by Crippen LogP contribution is -2.24. The van der Waals surface area contributed by atoms with E-state index in [4.69, 9.17) is 4.74 Å². The van der Waals surface area contributed by atoms with Crippen LogP contribution in [0.3, 0.4) is 0 Å². The third-order valence-corrected chi connectivity index (χ3v) is 3.88. The number of nitrogens with zero attached hydrogens (tertiary/aromatic N) is 2. The zero-order chi connectivity index (χ0) is 16.3. The van der Waals surface area contributed by atoms with Crippen molar-refractivity contribution in [3.8, 4) is 5.75 Å². The molecule has 0 bridgehead atoms. The van der Waals surface area contributed by atoms with E-state index in [1.165, 1.54) is 0 Å². The average Bonchev–Trinajstić information content (AvgIpc) is 2.46. The Bertz CT molecular complexity index is 701. The molecule has 0 saturated heterocycles. The molecule has 0 saturated carbocycles. The molecule has 1 heterocycles. The molecule has 0 amide bonds. The molecule has 0 fully saturated rings. The Labute approximate surface area is 130 Å². The SMILES string of the molecule is COc1ccc2ncn([C@H](C)CCCC(C)(C)O)c(=O)c2c1. The average molecular weight is 304 g/mol. The van der Waals surface area contributed by atoms with Gasteiger partial charge in [-0.3, -0.25) is 9.36 Å². The van der Waals surface area contributed by atoms with E-state index in [2.05, 4.69) is 4.98 Å². The lowest BCUT2D eigenvalue weighted by Gasteiger charge is -2.19. The normalized spacial score (nSPS) is 13.3. The van der Waals surface area contributed by atoms with E-state index in [1.54, 1.807) is 50.1 Å².